The van der Waals surface area contributed by atoms with Crippen LogP contribution in [0.25, 0.3) is 0 Å². The molecule has 0 saturated carbocycles. The number of esters is 1. The molecule has 2 aromatic rings. The van der Waals surface area contributed by atoms with Crippen molar-refractivity contribution in [3.63, 3.8) is 0 Å². The van der Waals surface area contributed by atoms with Gasteiger partial charge in [-0.25, -0.2) is 9.78 Å². The van der Waals surface area contributed by atoms with Crippen LogP contribution >= 0.6 is 11.3 Å². The van der Waals surface area contributed by atoms with Crippen molar-refractivity contribution < 1.29 is 14.3 Å². The average molecular weight is 290 g/mol. The van der Waals surface area contributed by atoms with E-state index in [1.54, 1.807) is 29.6 Å². The van der Waals surface area contributed by atoms with Crippen molar-refractivity contribution >= 4 is 23.2 Å². The van der Waals surface area contributed by atoms with E-state index in [2.05, 4.69) is 10.3 Å². The number of hydrogen-bond donors (Lipinski definition) is 1. The largest absolute Gasteiger partial charge is 0.467 e. The zero-order valence-corrected chi connectivity index (χ0v) is 11.9. The van der Waals surface area contributed by atoms with E-state index in [0.29, 0.717) is 11.3 Å². The van der Waals surface area contributed by atoms with Gasteiger partial charge >= 0.3 is 5.97 Å². The van der Waals surface area contributed by atoms with Gasteiger partial charge in [0.1, 0.15) is 5.69 Å². The quantitative estimate of drug-likeness (QED) is 0.876. The van der Waals surface area contributed by atoms with Crippen LogP contribution in [-0.2, 0) is 9.53 Å². The van der Waals surface area contributed by atoms with Gasteiger partial charge in [0.2, 0.25) is 0 Å². The first-order chi connectivity index (χ1) is 9.61. The Labute approximate surface area is 120 Å². The van der Waals surface area contributed by atoms with Gasteiger partial charge in [0.15, 0.2) is 6.04 Å². The second-order valence-electron chi connectivity index (χ2n) is 4.09. The second kappa shape index (κ2) is 6.29. The van der Waals surface area contributed by atoms with Crippen LogP contribution in [0.4, 0.5) is 0 Å². The highest BCUT2D eigenvalue weighted by Crippen LogP contribution is 2.16. The lowest BCUT2D eigenvalue weighted by Gasteiger charge is -2.16. The van der Waals surface area contributed by atoms with Gasteiger partial charge in [0, 0.05) is 5.38 Å². The van der Waals surface area contributed by atoms with Crippen LogP contribution in [0, 0.1) is 6.92 Å². The molecule has 6 heteroatoms. The topological polar surface area (TPSA) is 68.3 Å². The summed E-state index contributed by atoms with van der Waals surface area (Å²) in [5.74, 6) is -0.912. The van der Waals surface area contributed by atoms with Gasteiger partial charge < -0.3 is 10.1 Å². The molecule has 20 heavy (non-hydrogen) atoms. The summed E-state index contributed by atoms with van der Waals surface area (Å²) in [6.07, 6.45) is 0. The Morgan fingerprint density at radius 1 is 1.30 bits per heavy atom. The van der Waals surface area contributed by atoms with E-state index in [1.165, 1.54) is 18.4 Å². The van der Waals surface area contributed by atoms with Gasteiger partial charge in [-0.05, 0) is 12.5 Å². The molecule has 1 heterocycles. The summed E-state index contributed by atoms with van der Waals surface area (Å²) < 4.78 is 4.74. The molecule has 5 nitrogen and oxygen atoms in total. The molecule has 1 unspecified atom stereocenters. The standard InChI is InChI=1S/C14H14N2O3S/c1-9-15-11(8-20-9)13(17)16-12(14(18)19-2)10-6-4-3-5-7-10/h3-8,12H,1-2H3,(H,16,17). The van der Waals surface area contributed by atoms with Crippen molar-refractivity contribution in [1.82, 2.24) is 10.3 Å². The average Bonchev–Trinajstić information content (AvgIpc) is 2.91. The Morgan fingerprint density at radius 3 is 2.55 bits per heavy atom. The maximum absolute atomic E-state index is 12.1. The molecule has 1 amide bonds. The summed E-state index contributed by atoms with van der Waals surface area (Å²) >= 11 is 1.38. The molecule has 0 fully saturated rings. The predicted molar refractivity (Wildman–Crippen MR) is 75.5 cm³/mol. The highest BCUT2D eigenvalue weighted by Gasteiger charge is 2.24. The molecule has 0 radical (unpaired) electrons. The summed E-state index contributed by atoms with van der Waals surface area (Å²) in [5.41, 5.74) is 0.969. The van der Waals surface area contributed by atoms with Gasteiger partial charge in [-0.1, -0.05) is 30.3 Å². The Morgan fingerprint density at radius 2 is 2.00 bits per heavy atom. The first-order valence-electron chi connectivity index (χ1n) is 5.97. The summed E-state index contributed by atoms with van der Waals surface area (Å²) in [7, 11) is 1.29. The molecule has 0 aliphatic carbocycles. The van der Waals surface area contributed by atoms with Crippen LogP contribution in [0.2, 0.25) is 0 Å². The van der Waals surface area contributed by atoms with E-state index >= 15 is 0 Å². The zero-order valence-electron chi connectivity index (χ0n) is 11.1. The summed E-state index contributed by atoms with van der Waals surface area (Å²) in [4.78, 5) is 28.0. The molecule has 104 valence electrons. The number of methoxy groups -OCH3 is 1. The number of benzene rings is 1. The highest BCUT2D eigenvalue weighted by atomic mass is 32.1. The van der Waals surface area contributed by atoms with E-state index < -0.39 is 17.9 Å². The monoisotopic (exact) mass is 290 g/mol. The zero-order chi connectivity index (χ0) is 14.5. The van der Waals surface area contributed by atoms with E-state index in [4.69, 9.17) is 4.74 Å². The van der Waals surface area contributed by atoms with Crippen LogP contribution in [-0.4, -0.2) is 24.0 Å². The van der Waals surface area contributed by atoms with Crippen molar-refractivity contribution in [2.75, 3.05) is 7.11 Å². The third-order valence-corrected chi connectivity index (χ3v) is 3.47. The maximum atomic E-state index is 12.1. The third-order valence-electron chi connectivity index (χ3n) is 2.70. The van der Waals surface area contributed by atoms with Crippen LogP contribution in [0.5, 0.6) is 0 Å². The van der Waals surface area contributed by atoms with Gasteiger partial charge in [-0.15, -0.1) is 11.3 Å². The minimum Gasteiger partial charge on any atom is -0.467 e. The second-order valence-corrected chi connectivity index (χ2v) is 5.15. The van der Waals surface area contributed by atoms with Gasteiger partial charge in [-0.3, -0.25) is 4.79 Å². The van der Waals surface area contributed by atoms with Crippen LogP contribution in [0.1, 0.15) is 27.1 Å². The number of hydrogen-bond acceptors (Lipinski definition) is 5. The minimum atomic E-state index is -0.837. The molecule has 1 aromatic heterocycles. The molecule has 1 N–H and O–H groups in total. The maximum Gasteiger partial charge on any atom is 0.333 e. The van der Waals surface area contributed by atoms with E-state index in [-0.39, 0.29) is 0 Å². The lowest BCUT2D eigenvalue weighted by atomic mass is 10.1. The predicted octanol–water partition coefficient (Wildman–Crippen LogP) is 2.10. The lowest BCUT2D eigenvalue weighted by molar-refractivity contribution is -0.143. The van der Waals surface area contributed by atoms with E-state index in [9.17, 15) is 9.59 Å². The Balaban J connectivity index is 2.21. The number of ether oxygens (including phenoxy) is 1. The van der Waals surface area contributed by atoms with Gasteiger partial charge in [-0.2, -0.15) is 0 Å². The number of amides is 1. The normalized spacial score (nSPS) is 11.7. The number of nitrogens with zero attached hydrogens (tertiary/aromatic N) is 1. The van der Waals surface area contributed by atoms with Crippen molar-refractivity contribution in [2.45, 2.75) is 13.0 Å². The lowest BCUT2D eigenvalue weighted by Crippen LogP contribution is -2.34. The van der Waals surface area contributed by atoms with Crippen LogP contribution < -0.4 is 5.32 Å². The Kier molecular flexibility index (Phi) is 4.47. The molecule has 1 atom stereocenters. The molecule has 0 aliphatic rings. The molecule has 0 bridgehead atoms. The molecule has 0 aliphatic heterocycles. The number of rotatable bonds is 4. The first-order valence-corrected chi connectivity index (χ1v) is 6.85. The van der Waals surface area contributed by atoms with Crippen molar-refractivity contribution in [3.05, 3.63) is 52.0 Å². The Hall–Kier alpha value is -2.21. The minimum absolute atomic E-state index is 0.303. The molecule has 2 rings (SSSR count). The fraction of sp³-hybridized carbons (Fsp3) is 0.214. The highest BCUT2D eigenvalue weighted by molar-refractivity contribution is 7.09. The smallest absolute Gasteiger partial charge is 0.333 e. The fourth-order valence-corrected chi connectivity index (χ4v) is 2.31. The first kappa shape index (κ1) is 14.2. The molecule has 0 spiro atoms. The van der Waals surface area contributed by atoms with Gasteiger partial charge in [0.25, 0.3) is 5.91 Å². The van der Waals surface area contributed by atoms with E-state index in [0.717, 1.165) is 5.01 Å². The van der Waals surface area contributed by atoms with Crippen molar-refractivity contribution in [1.29, 1.82) is 0 Å². The van der Waals surface area contributed by atoms with E-state index in [1.807, 2.05) is 13.0 Å². The third kappa shape index (κ3) is 3.21. The summed E-state index contributed by atoms with van der Waals surface area (Å²) in [6, 6.07) is 8.11. The number of aromatic nitrogens is 1. The van der Waals surface area contributed by atoms with Crippen LogP contribution in [0.15, 0.2) is 35.7 Å². The van der Waals surface area contributed by atoms with Gasteiger partial charge in [0.05, 0.1) is 12.1 Å². The molecule has 0 saturated heterocycles. The van der Waals surface area contributed by atoms with Crippen LogP contribution in [0.3, 0.4) is 0 Å². The summed E-state index contributed by atoms with van der Waals surface area (Å²) in [6.45, 7) is 1.82. The number of carbonyl (C=O) groups excluding carboxylic acids is 2. The SMILES string of the molecule is COC(=O)C(NC(=O)c1csc(C)n1)c1ccccc1. The summed E-state index contributed by atoms with van der Waals surface area (Å²) in [5, 5.41) is 5.10. The Bertz CT molecular complexity index is 610. The number of aryl methyl sites for hydroxylation is 1. The number of carbonyl (C=O) groups is 2. The van der Waals surface area contributed by atoms with Crippen molar-refractivity contribution in [3.8, 4) is 0 Å². The number of thiazole rings is 1. The van der Waals surface area contributed by atoms with Crippen molar-refractivity contribution in [2.24, 2.45) is 0 Å². The number of nitrogens with one attached hydrogen (secondary N) is 1. The molecule has 1 aromatic carbocycles. The molecular formula is C14H14N2O3S. The molecular weight excluding hydrogens is 276 g/mol. The fourth-order valence-electron chi connectivity index (χ4n) is 1.71.